The quantitative estimate of drug-likeness (QED) is 0.724. The summed E-state index contributed by atoms with van der Waals surface area (Å²) in [4.78, 5) is 17.7. The first-order chi connectivity index (χ1) is 8.66. The summed E-state index contributed by atoms with van der Waals surface area (Å²) < 4.78 is 5.25. The highest BCUT2D eigenvalue weighted by Crippen LogP contribution is 2.32. The summed E-state index contributed by atoms with van der Waals surface area (Å²) in [5.74, 6) is -1.00. The summed E-state index contributed by atoms with van der Waals surface area (Å²) >= 11 is 0. The van der Waals surface area contributed by atoms with E-state index in [0.717, 1.165) is 22.2 Å². The molecule has 0 radical (unpaired) electrons. The van der Waals surface area contributed by atoms with Crippen LogP contribution in [0.1, 0.15) is 16.4 Å². The van der Waals surface area contributed by atoms with Gasteiger partial charge in [0.2, 0.25) is 0 Å². The molecular weight excluding hydrogens is 232 g/mol. The summed E-state index contributed by atoms with van der Waals surface area (Å²) in [7, 11) is 0. The van der Waals surface area contributed by atoms with Gasteiger partial charge in [-0.2, -0.15) is 0 Å². The molecule has 0 amide bonds. The van der Waals surface area contributed by atoms with E-state index in [9.17, 15) is 4.79 Å². The van der Waals surface area contributed by atoms with Crippen molar-refractivity contribution in [1.29, 1.82) is 0 Å². The van der Waals surface area contributed by atoms with Crippen LogP contribution in [0.2, 0.25) is 0 Å². The summed E-state index contributed by atoms with van der Waals surface area (Å²) in [6, 6.07) is 7.77. The standard InChI is InChI=1S/C13H10N2O3/c1-7-11(8-4-2-3-5-9(8)15-7)10-6-14-12(18-10)13(16)17/h2-6,15H,1H3,(H,16,17). The van der Waals surface area contributed by atoms with Crippen LogP contribution in [0.15, 0.2) is 34.9 Å². The fourth-order valence-corrected chi connectivity index (χ4v) is 2.08. The van der Waals surface area contributed by atoms with Gasteiger partial charge in [0, 0.05) is 22.2 Å². The highest BCUT2D eigenvalue weighted by atomic mass is 16.4. The van der Waals surface area contributed by atoms with Crippen molar-refractivity contribution in [2.24, 2.45) is 0 Å². The molecule has 0 unspecified atom stereocenters. The molecule has 90 valence electrons. The number of H-pyrrole nitrogens is 1. The van der Waals surface area contributed by atoms with Gasteiger partial charge in [-0.05, 0) is 13.0 Å². The molecule has 0 spiro atoms. The van der Waals surface area contributed by atoms with E-state index in [1.54, 1.807) is 0 Å². The van der Waals surface area contributed by atoms with Crippen LogP contribution < -0.4 is 0 Å². The van der Waals surface area contributed by atoms with Crippen molar-refractivity contribution in [3.63, 3.8) is 0 Å². The minimum absolute atomic E-state index is 0.297. The van der Waals surface area contributed by atoms with Gasteiger partial charge in [-0.3, -0.25) is 0 Å². The van der Waals surface area contributed by atoms with Crippen molar-refractivity contribution in [2.45, 2.75) is 6.92 Å². The van der Waals surface area contributed by atoms with Gasteiger partial charge in [0.05, 0.1) is 6.20 Å². The molecule has 1 aromatic carbocycles. The third kappa shape index (κ3) is 1.48. The number of hydrogen-bond acceptors (Lipinski definition) is 3. The Morgan fingerprint density at radius 2 is 2.17 bits per heavy atom. The number of rotatable bonds is 2. The van der Waals surface area contributed by atoms with Gasteiger partial charge in [0.25, 0.3) is 0 Å². The molecule has 0 aliphatic carbocycles. The molecule has 3 rings (SSSR count). The second-order valence-corrected chi connectivity index (χ2v) is 4.01. The van der Waals surface area contributed by atoms with Crippen molar-refractivity contribution >= 4 is 16.9 Å². The third-order valence-corrected chi connectivity index (χ3v) is 2.83. The maximum absolute atomic E-state index is 10.8. The number of nitrogens with zero attached hydrogens (tertiary/aromatic N) is 1. The van der Waals surface area contributed by atoms with Crippen LogP contribution in [-0.4, -0.2) is 21.0 Å². The van der Waals surface area contributed by atoms with E-state index in [2.05, 4.69) is 9.97 Å². The van der Waals surface area contributed by atoms with Crippen molar-refractivity contribution < 1.29 is 14.3 Å². The Labute approximate surface area is 102 Å². The summed E-state index contributed by atoms with van der Waals surface area (Å²) in [5.41, 5.74) is 2.76. The predicted octanol–water partition coefficient (Wildman–Crippen LogP) is 2.83. The first kappa shape index (κ1) is 10.6. The Bertz CT molecular complexity index is 740. The molecule has 0 aliphatic rings. The lowest BCUT2D eigenvalue weighted by Crippen LogP contribution is -1.94. The van der Waals surface area contributed by atoms with Gasteiger partial charge in [0.1, 0.15) is 0 Å². The van der Waals surface area contributed by atoms with Crippen molar-refractivity contribution in [1.82, 2.24) is 9.97 Å². The molecule has 5 heteroatoms. The largest absolute Gasteiger partial charge is 0.474 e. The first-order valence-electron chi connectivity index (χ1n) is 5.43. The van der Waals surface area contributed by atoms with E-state index < -0.39 is 5.97 Å². The molecule has 0 aliphatic heterocycles. The molecule has 0 bridgehead atoms. The van der Waals surface area contributed by atoms with E-state index in [0.29, 0.717) is 5.76 Å². The topological polar surface area (TPSA) is 79.1 Å². The molecule has 0 atom stereocenters. The Morgan fingerprint density at radius 1 is 1.39 bits per heavy atom. The number of aromatic nitrogens is 2. The zero-order valence-corrected chi connectivity index (χ0v) is 9.60. The summed E-state index contributed by atoms with van der Waals surface area (Å²) in [6.07, 6.45) is 1.44. The lowest BCUT2D eigenvalue weighted by molar-refractivity contribution is 0.0654. The van der Waals surface area contributed by atoms with Crippen LogP contribution in [0.3, 0.4) is 0 Å². The Kier molecular flexibility index (Phi) is 2.19. The number of nitrogens with one attached hydrogen (secondary N) is 1. The number of aromatic carboxylic acids is 1. The van der Waals surface area contributed by atoms with Gasteiger partial charge in [0.15, 0.2) is 5.76 Å². The van der Waals surface area contributed by atoms with Crippen molar-refractivity contribution in [3.05, 3.63) is 42.0 Å². The first-order valence-corrected chi connectivity index (χ1v) is 5.43. The van der Waals surface area contributed by atoms with Gasteiger partial charge in [-0.1, -0.05) is 18.2 Å². The number of carboxylic acid groups (broad SMARTS) is 1. The normalized spacial score (nSPS) is 10.9. The fourth-order valence-electron chi connectivity index (χ4n) is 2.08. The van der Waals surface area contributed by atoms with Gasteiger partial charge >= 0.3 is 11.9 Å². The maximum atomic E-state index is 10.8. The van der Waals surface area contributed by atoms with Crippen LogP contribution in [-0.2, 0) is 0 Å². The van der Waals surface area contributed by atoms with Crippen LogP contribution in [0.4, 0.5) is 0 Å². The highest BCUT2D eigenvalue weighted by molar-refractivity contribution is 5.96. The molecule has 2 N–H and O–H groups in total. The van der Waals surface area contributed by atoms with Crippen LogP contribution >= 0.6 is 0 Å². The number of benzene rings is 1. The van der Waals surface area contributed by atoms with Gasteiger partial charge < -0.3 is 14.5 Å². The van der Waals surface area contributed by atoms with Gasteiger partial charge in [-0.25, -0.2) is 9.78 Å². The molecule has 0 saturated carbocycles. The summed E-state index contributed by atoms with van der Waals surface area (Å²) in [6.45, 7) is 1.91. The molecule has 0 fully saturated rings. The van der Waals surface area contributed by atoms with E-state index in [1.165, 1.54) is 6.20 Å². The molecule has 0 saturated heterocycles. The number of para-hydroxylation sites is 1. The highest BCUT2D eigenvalue weighted by Gasteiger charge is 2.17. The number of carboxylic acids is 1. The van der Waals surface area contributed by atoms with E-state index in [-0.39, 0.29) is 5.89 Å². The number of fused-ring (bicyclic) bond motifs is 1. The smallest absolute Gasteiger partial charge is 0.392 e. The number of hydrogen-bond donors (Lipinski definition) is 2. The SMILES string of the molecule is Cc1[nH]c2ccccc2c1-c1cnc(C(=O)O)o1. The van der Waals surface area contributed by atoms with Crippen LogP contribution in [0.25, 0.3) is 22.2 Å². The lowest BCUT2D eigenvalue weighted by Gasteiger charge is -1.95. The number of carbonyl (C=O) groups is 1. The lowest BCUT2D eigenvalue weighted by atomic mass is 10.1. The molecule has 2 heterocycles. The molecule has 18 heavy (non-hydrogen) atoms. The minimum Gasteiger partial charge on any atom is -0.474 e. The number of aryl methyl sites for hydroxylation is 1. The Hall–Kier alpha value is -2.56. The Balaban J connectivity index is 2.24. The van der Waals surface area contributed by atoms with Crippen LogP contribution in [0.5, 0.6) is 0 Å². The molecule has 5 nitrogen and oxygen atoms in total. The van der Waals surface area contributed by atoms with Crippen molar-refractivity contribution in [3.8, 4) is 11.3 Å². The van der Waals surface area contributed by atoms with Gasteiger partial charge in [-0.15, -0.1) is 0 Å². The van der Waals surface area contributed by atoms with E-state index >= 15 is 0 Å². The predicted molar refractivity (Wildman–Crippen MR) is 65.5 cm³/mol. The third-order valence-electron chi connectivity index (χ3n) is 2.83. The zero-order valence-electron chi connectivity index (χ0n) is 9.60. The summed E-state index contributed by atoms with van der Waals surface area (Å²) in [5, 5.41) is 9.80. The van der Waals surface area contributed by atoms with E-state index in [1.807, 2.05) is 31.2 Å². The maximum Gasteiger partial charge on any atom is 0.392 e. The average molecular weight is 242 g/mol. The number of aromatic amines is 1. The van der Waals surface area contributed by atoms with Crippen LogP contribution in [0, 0.1) is 6.92 Å². The average Bonchev–Trinajstić information content (AvgIpc) is 2.91. The number of oxazole rings is 1. The molecule has 3 aromatic rings. The molecule has 2 aromatic heterocycles. The zero-order chi connectivity index (χ0) is 12.7. The molecular formula is C13H10N2O3. The monoisotopic (exact) mass is 242 g/mol. The fraction of sp³-hybridized carbons (Fsp3) is 0.0769. The van der Waals surface area contributed by atoms with E-state index in [4.69, 9.17) is 9.52 Å². The Morgan fingerprint density at radius 3 is 2.89 bits per heavy atom. The second kappa shape index (κ2) is 3.73. The minimum atomic E-state index is -1.17. The second-order valence-electron chi connectivity index (χ2n) is 4.01. The van der Waals surface area contributed by atoms with Crippen molar-refractivity contribution in [2.75, 3.05) is 0 Å².